The number of aliphatic hydroxyl groups is 3. The number of fused-ring (bicyclic) bond motifs is 6. The monoisotopic (exact) mass is 720 g/mol. The molecule has 0 bridgehead atoms. The van der Waals surface area contributed by atoms with Crippen LogP contribution < -0.4 is 5.32 Å². The van der Waals surface area contributed by atoms with Crippen molar-refractivity contribution in [1.29, 1.82) is 0 Å². The molecule has 0 amide bonds. The van der Waals surface area contributed by atoms with Gasteiger partial charge in [-0.25, -0.2) is 0 Å². The minimum Gasteiger partial charge on any atom is -0.481 e. The van der Waals surface area contributed by atoms with Gasteiger partial charge in [-0.15, -0.1) is 0 Å². The Balaban J connectivity index is 1.09. The SMILES string of the molecule is CC(=O)c1c(C)nc2ccccc2c1NCc1ccccc1C#CC1(O)CCC2(C)C(CC(O)C3C2CC(O)C2(C)C(C(C)CCC(=O)O)CCC32)C1. The summed E-state index contributed by atoms with van der Waals surface area (Å²) in [6, 6.07) is 15.7. The van der Waals surface area contributed by atoms with Gasteiger partial charge in [0.2, 0.25) is 0 Å². The molecule has 282 valence electrons. The fourth-order valence-corrected chi connectivity index (χ4v) is 11.9. The van der Waals surface area contributed by atoms with E-state index in [1.54, 1.807) is 6.92 Å². The molecule has 1 aromatic heterocycles. The summed E-state index contributed by atoms with van der Waals surface area (Å²) in [6.07, 6.45) is 4.66. The van der Waals surface area contributed by atoms with Gasteiger partial charge >= 0.3 is 5.97 Å². The Bertz CT molecular complexity index is 1970. The number of carboxylic acid groups (broad SMARTS) is 1. The number of aliphatic hydroxyl groups excluding tert-OH is 2. The number of hydrogen-bond acceptors (Lipinski definition) is 7. The van der Waals surface area contributed by atoms with Gasteiger partial charge in [0.05, 0.1) is 34.7 Å². The van der Waals surface area contributed by atoms with E-state index in [2.05, 4.69) is 42.9 Å². The molecule has 53 heavy (non-hydrogen) atoms. The molecule has 11 unspecified atom stereocenters. The molecule has 3 aromatic rings. The fourth-order valence-electron chi connectivity index (χ4n) is 11.9. The molecular weight excluding hydrogens is 665 g/mol. The molecule has 11 atom stereocenters. The van der Waals surface area contributed by atoms with Gasteiger partial charge < -0.3 is 25.7 Å². The molecule has 4 aliphatic carbocycles. The number of anilines is 1. The summed E-state index contributed by atoms with van der Waals surface area (Å²) in [6.45, 7) is 10.5. The molecule has 0 spiro atoms. The number of para-hydroxylation sites is 1. The van der Waals surface area contributed by atoms with Crippen LogP contribution in [0.5, 0.6) is 0 Å². The highest BCUT2D eigenvalue weighted by Crippen LogP contribution is 2.69. The van der Waals surface area contributed by atoms with Crippen LogP contribution in [-0.4, -0.2) is 55.0 Å². The first kappa shape index (κ1) is 37.5. The van der Waals surface area contributed by atoms with Crippen molar-refractivity contribution in [3.8, 4) is 11.8 Å². The fraction of sp³-hybridized carbons (Fsp3) is 0.578. The van der Waals surface area contributed by atoms with Gasteiger partial charge in [0.25, 0.3) is 0 Å². The van der Waals surface area contributed by atoms with Crippen molar-refractivity contribution in [2.45, 2.75) is 117 Å². The van der Waals surface area contributed by atoms with Crippen molar-refractivity contribution >= 4 is 28.3 Å². The molecular formula is C45H56N2O6. The maximum Gasteiger partial charge on any atom is 0.303 e. The molecule has 8 heteroatoms. The highest BCUT2D eigenvalue weighted by atomic mass is 16.4. The Morgan fingerprint density at radius 3 is 2.51 bits per heavy atom. The average molecular weight is 721 g/mol. The summed E-state index contributed by atoms with van der Waals surface area (Å²) in [4.78, 5) is 28.7. The van der Waals surface area contributed by atoms with Crippen LogP contribution in [0.2, 0.25) is 0 Å². The van der Waals surface area contributed by atoms with Gasteiger partial charge in [-0.2, -0.15) is 0 Å². The molecule has 4 saturated carbocycles. The number of carbonyl (C=O) groups is 2. The number of nitrogens with zero attached hydrogens (tertiary/aromatic N) is 1. The first-order valence-corrected chi connectivity index (χ1v) is 19.7. The first-order chi connectivity index (χ1) is 25.2. The van der Waals surface area contributed by atoms with Crippen LogP contribution in [0.1, 0.15) is 113 Å². The lowest BCUT2D eigenvalue weighted by Gasteiger charge is -2.64. The predicted molar refractivity (Wildman–Crippen MR) is 206 cm³/mol. The third kappa shape index (κ3) is 6.57. The number of ketones is 1. The molecule has 0 saturated heterocycles. The zero-order valence-electron chi connectivity index (χ0n) is 31.9. The zero-order chi connectivity index (χ0) is 37.9. The number of aliphatic carboxylic acids is 1. The van der Waals surface area contributed by atoms with E-state index in [9.17, 15) is 30.0 Å². The quantitative estimate of drug-likeness (QED) is 0.119. The van der Waals surface area contributed by atoms with Gasteiger partial charge in [-0.1, -0.05) is 69.0 Å². The molecule has 0 aliphatic heterocycles. The third-order valence-corrected chi connectivity index (χ3v) is 14.8. The van der Waals surface area contributed by atoms with E-state index in [0.717, 1.165) is 47.0 Å². The van der Waals surface area contributed by atoms with E-state index in [1.807, 2.05) is 55.5 Å². The Morgan fingerprint density at radius 2 is 1.75 bits per heavy atom. The summed E-state index contributed by atoms with van der Waals surface area (Å²) < 4.78 is 0. The summed E-state index contributed by atoms with van der Waals surface area (Å²) in [5.74, 6) is 6.72. The maximum atomic E-state index is 12.7. The average Bonchev–Trinajstić information content (AvgIpc) is 3.48. The normalized spacial score (nSPS) is 35.3. The Morgan fingerprint density at radius 1 is 1.02 bits per heavy atom. The number of benzene rings is 2. The second-order valence-corrected chi connectivity index (χ2v) is 17.5. The molecule has 2 aromatic carbocycles. The number of Topliss-reactive ketones (excluding diaryl/α,β-unsaturated/α-hetero) is 1. The third-order valence-electron chi connectivity index (χ3n) is 14.8. The van der Waals surface area contributed by atoms with E-state index in [0.29, 0.717) is 49.9 Å². The number of aromatic nitrogens is 1. The smallest absolute Gasteiger partial charge is 0.303 e. The maximum absolute atomic E-state index is 12.7. The van der Waals surface area contributed by atoms with E-state index < -0.39 is 23.8 Å². The van der Waals surface area contributed by atoms with Gasteiger partial charge in [-0.3, -0.25) is 14.6 Å². The first-order valence-electron chi connectivity index (χ1n) is 19.7. The summed E-state index contributed by atoms with van der Waals surface area (Å²) in [7, 11) is 0. The van der Waals surface area contributed by atoms with Crippen LogP contribution in [-0.2, 0) is 11.3 Å². The highest BCUT2D eigenvalue weighted by molar-refractivity contribution is 6.08. The van der Waals surface area contributed by atoms with Gasteiger partial charge in [0, 0.05) is 23.9 Å². The largest absolute Gasteiger partial charge is 0.481 e. The molecule has 8 nitrogen and oxygen atoms in total. The number of nitrogens with one attached hydrogen (secondary N) is 1. The van der Waals surface area contributed by atoms with E-state index in [-0.39, 0.29) is 58.5 Å². The van der Waals surface area contributed by atoms with Crippen molar-refractivity contribution in [3.05, 3.63) is 70.9 Å². The van der Waals surface area contributed by atoms with Crippen molar-refractivity contribution in [2.24, 2.45) is 46.3 Å². The van der Waals surface area contributed by atoms with Crippen molar-refractivity contribution in [2.75, 3.05) is 5.32 Å². The lowest BCUT2D eigenvalue weighted by atomic mass is 9.42. The molecule has 0 radical (unpaired) electrons. The molecule has 7 rings (SSSR count). The van der Waals surface area contributed by atoms with E-state index in [4.69, 9.17) is 0 Å². The van der Waals surface area contributed by atoms with Crippen molar-refractivity contribution < 1.29 is 30.0 Å². The number of rotatable bonds is 8. The van der Waals surface area contributed by atoms with Crippen molar-refractivity contribution in [3.63, 3.8) is 0 Å². The Kier molecular flexibility index (Phi) is 10.0. The number of carboxylic acids is 1. The molecule has 1 heterocycles. The lowest BCUT2D eigenvalue weighted by molar-refractivity contribution is -0.211. The summed E-state index contributed by atoms with van der Waals surface area (Å²) >= 11 is 0. The van der Waals surface area contributed by atoms with Crippen molar-refractivity contribution in [1.82, 2.24) is 4.98 Å². The van der Waals surface area contributed by atoms with Gasteiger partial charge in [0.15, 0.2) is 5.78 Å². The predicted octanol–water partition coefficient (Wildman–Crippen LogP) is 7.54. The zero-order valence-corrected chi connectivity index (χ0v) is 31.9. The summed E-state index contributed by atoms with van der Waals surface area (Å²) in [5, 5.41) is 49.6. The number of hydrogen-bond donors (Lipinski definition) is 5. The standard InChI is InChI=1S/C45H56N2O6/c1-26(14-17-39(51)52)33-15-16-34-41-35(23-38(50)44(33,34)5)43(4)20-21-45(53,24-31(43)22-37(41)49)19-18-29-10-6-7-11-30(29)25-46-42-32-12-8-9-13-36(32)47-27(2)40(42)28(3)48/h6-13,26,31,33-35,37-38,41,49-50,53H,14-17,20-25H2,1-5H3,(H,46,47)(H,51,52). The van der Waals surface area contributed by atoms with Crippen LogP contribution in [0.4, 0.5) is 5.69 Å². The van der Waals surface area contributed by atoms with Crippen LogP contribution in [0.15, 0.2) is 48.5 Å². The lowest BCUT2D eigenvalue weighted by Crippen LogP contribution is -2.63. The highest BCUT2D eigenvalue weighted by Gasteiger charge is 2.66. The van der Waals surface area contributed by atoms with Crippen LogP contribution in [0.3, 0.4) is 0 Å². The number of pyridine rings is 1. The second-order valence-electron chi connectivity index (χ2n) is 17.5. The minimum absolute atomic E-state index is 0.0474. The number of aryl methyl sites for hydroxylation is 1. The minimum atomic E-state index is -1.20. The van der Waals surface area contributed by atoms with Gasteiger partial charge in [0.1, 0.15) is 5.60 Å². The van der Waals surface area contributed by atoms with Crippen LogP contribution in [0.25, 0.3) is 10.9 Å². The van der Waals surface area contributed by atoms with Gasteiger partial charge in [-0.05, 0) is 129 Å². The summed E-state index contributed by atoms with van der Waals surface area (Å²) in [5.41, 5.74) is 2.95. The topological polar surface area (TPSA) is 140 Å². The van der Waals surface area contributed by atoms with Crippen LogP contribution >= 0.6 is 0 Å². The van der Waals surface area contributed by atoms with Crippen LogP contribution in [0, 0.1) is 65.1 Å². The molecule has 5 N–H and O–H groups in total. The number of carbonyl (C=O) groups excluding carboxylic acids is 1. The Hall–Kier alpha value is -3.77. The van der Waals surface area contributed by atoms with E-state index >= 15 is 0 Å². The Labute approximate surface area is 313 Å². The van der Waals surface area contributed by atoms with E-state index in [1.165, 1.54) is 0 Å². The molecule has 4 aliphatic rings. The molecule has 4 fully saturated rings. The second kappa shape index (κ2) is 14.1.